The van der Waals surface area contributed by atoms with Crippen molar-refractivity contribution >= 4 is 0 Å². The fourth-order valence-electron chi connectivity index (χ4n) is 2.80. The van der Waals surface area contributed by atoms with Crippen LogP contribution in [0.1, 0.15) is 56.6 Å². The lowest BCUT2D eigenvalue weighted by Crippen LogP contribution is -2.22. The molecule has 0 bridgehead atoms. The molecule has 2 rings (SSSR count). The Labute approximate surface area is 103 Å². The summed E-state index contributed by atoms with van der Waals surface area (Å²) in [6, 6.07) is 6.77. The standard InChI is InChI=1S/C15H22FN/c16-14-10-8-13(9-11-14)15(17)12-6-4-2-1-3-5-7-12/h8-12,15H,1-7,17H2. The van der Waals surface area contributed by atoms with Crippen molar-refractivity contribution in [2.75, 3.05) is 0 Å². The number of nitrogens with two attached hydrogens (primary N) is 1. The number of halogens is 1. The molecule has 0 aliphatic heterocycles. The van der Waals surface area contributed by atoms with Crippen molar-refractivity contribution in [1.82, 2.24) is 0 Å². The molecule has 94 valence electrons. The fraction of sp³-hybridized carbons (Fsp3) is 0.600. The molecule has 1 aliphatic carbocycles. The van der Waals surface area contributed by atoms with Crippen LogP contribution in [0.3, 0.4) is 0 Å². The molecule has 1 saturated carbocycles. The summed E-state index contributed by atoms with van der Waals surface area (Å²) in [5.41, 5.74) is 7.40. The Hall–Kier alpha value is -0.890. The molecule has 1 aliphatic rings. The van der Waals surface area contributed by atoms with Gasteiger partial charge in [0.25, 0.3) is 0 Å². The Morgan fingerprint density at radius 2 is 1.47 bits per heavy atom. The Morgan fingerprint density at radius 3 is 2.06 bits per heavy atom. The molecule has 1 fully saturated rings. The number of benzene rings is 1. The summed E-state index contributed by atoms with van der Waals surface area (Å²) in [7, 11) is 0. The molecule has 0 saturated heterocycles. The van der Waals surface area contributed by atoms with Gasteiger partial charge in [0.05, 0.1) is 0 Å². The Bertz CT molecular complexity index is 325. The Kier molecular flexibility index (Phi) is 4.55. The van der Waals surface area contributed by atoms with Gasteiger partial charge < -0.3 is 5.73 Å². The summed E-state index contributed by atoms with van der Waals surface area (Å²) in [5.74, 6) is 0.388. The Morgan fingerprint density at radius 1 is 0.941 bits per heavy atom. The summed E-state index contributed by atoms with van der Waals surface area (Å²) < 4.78 is 12.9. The Balaban J connectivity index is 2.01. The second-order valence-electron chi connectivity index (χ2n) is 5.18. The van der Waals surface area contributed by atoms with Gasteiger partial charge in [-0.3, -0.25) is 0 Å². The van der Waals surface area contributed by atoms with Crippen molar-refractivity contribution < 1.29 is 4.39 Å². The SMILES string of the molecule is NC(c1ccc(F)cc1)C1CCCCCCC1. The van der Waals surface area contributed by atoms with Crippen LogP contribution in [0.5, 0.6) is 0 Å². The number of rotatable bonds is 2. The minimum absolute atomic E-state index is 0.0775. The topological polar surface area (TPSA) is 26.0 Å². The van der Waals surface area contributed by atoms with E-state index in [9.17, 15) is 4.39 Å². The van der Waals surface area contributed by atoms with Gasteiger partial charge in [0.2, 0.25) is 0 Å². The lowest BCUT2D eigenvalue weighted by atomic mass is 9.83. The van der Waals surface area contributed by atoms with E-state index >= 15 is 0 Å². The highest BCUT2D eigenvalue weighted by Gasteiger charge is 2.20. The van der Waals surface area contributed by atoms with Crippen molar-refractivity contribution in [3.05, 3.63) is 35.6 Å². The zero-order valence-electron chi connectivity index (χ0n) is 10.4. The third-order valence-electron chi connectivity index (χ3n) is 3.91. The zero-order valence-corrected chi connectivity index (χ0v) is 10.4. The first-order chi connectivity index (χ1) is 8.27. The predicted octanol–water partition coefficient (Wildman–Crippen LogP) is 4.19. The van der Waals surface area contributed by atoms with E-state index in [2.05, 4.69) is 0 Å². The molecule has 2 heteroatoms. The number of hydrogen-bond acceptors (Lipinski definition) is 1. The van der Waals surface area contributed by atoms with Crippen LogP contribution in [-0.4, -0.2) is 0 Å². The van der Waals surface area contributed by atoms with Gasteiger partial charge in [-0.05, 0) is 36.5 Å². The summed E-state index contributed by atoms with van der Waals surface area (Å²) in [5, 5.41) is 0. The molecule has 0 aromatic heterocycles. The van der Waals surface area contributed by atoms with Crippen LogP contribution in [0, 0.1) is 11.7 Å². The summed E-state index contributed by atoms with van der Waals surface area (Å²) in [6.45, 7) is 0. The molecular formula is C15H22FN. The van der Waals surface area contributed by atoms with Crippen molar-refractivity contribution in [3.63, 3.8) is 0 Å². The first-order valence-electron chi connectivity index (χ1n) is 6.78. The fourth-order valence-corrected chi connectivity index (χ4v) is 2.80. The lowest BCUT2D eigenvalue weighted by Gasteiger charge is -2.26. The lowest BCUT2D eigenvalue weighted by molar-refractivity contribution is 0.327. The van der Waals surface area contributed by atoms with Gasteiger partial charge >= 0.3 is 0 Å². The average molecular weight is 235 g/mol. The van der Waals surface area contributed by atoms with E-state index in [1.165, 1.54) is 57.1 Å². The maximum absolute atomic E-state index is 12.9. The molecule has 0 spiro atoms. The predicted molar refractivity (Wildman–Crippen MR) is 69.1 cm³/mol. The third kappa shape index (κ3) is 3.53. The van der Waals surface area contributed by atoms with Gasteiger partial charge in [-0.1, -0.05) is 44.2 Å². The maximum Gasteiger partial charge on any atom is 0.123 e. The monoisotopic (exact) mass is 235 g/mol. The highest BCUT2D eigenvalue weighted by molar-refractivity contribution is 5.20. The first kappa shape index (κ1) is 12.6. The largest absolute Gasteiger partial charge is 0.324 e. The number of hydrogen-bond donors (Lipinski definition) is 1. The van der Waals surface area contributed by atoms with Crippen LogP contribution in [0.15, 0.2) is 24.3 Å². The molecular weight excluding hydrogens is 213 g/mol. The van der Waals surface area contributed by atoms with E-state index in [0.717, 1.165) is 5.56 Å². The normalized spacial score (nSPS) is 20.6. The van der Waals surface area contributed by atoms with Crippen LogP contribution in [-0.2, 0) is 0 Å². The highest BCUT2D eigenvalue weighted by atomic mass is 19.1. The minimum atomic E-state index is -0.182. The molecule has 17 heavy (non-hydrogen) atoms. The van der Waals surface area contributed by atoms with Gasteiger partial charge in [-0.25, -0.2) is 4.39 Å². The van der Waals surface area contributed by atoms with Crippen LogP contribution in [0.2, 0.25) is 0 Å². The van der Waals surface area contributed by atoms with Crippen molar-refractivity contribution in [2.24, 2.45) is 11.7 Å². The zero-order chi connectivity index (χ0) is 12.1. The van der Waals surface area contributed by atoms with E-state index in [0.29, 0.717) is 5.92 Å². The average Bonchev–Trinajstić information content (AvgIpc) is 2.29. The molecule has 1 aromatic rings. The van der Waals surface area contributed by atoms with Gasteiger partial charge in [0, 0.05) is 6.04 Å². The van der Waals surface area contributed by atoms with Crippen molar-refractivity contribution in [3.8, 4) is 0 Å². The second kappa shape index (κ2) is 6.15. The molecule has 1 nitrogen and oxygen atoms in total. The maximum atomic E-state index is 12.9. The van der Waals surface area contributed by atoms with Crippen LogP contribution >= 0.6 is 0 Å². The van der Waals surface area contributed by atoms with E-state index in [-0.39, 0.29) is 11.9 Å². The van der Waals surface area contributed by atoms with Gasteiger partial charge in [-0.15, -0.1) is 0 Å². The molecule has 1 atom stereocenters. The summed E-state index contributed by atoms with van der Waals surface area (Å²) >= 11 is 0. The van der Waals surface area contributed by atoms with Crippen LogP contribution < -0.4 is 5.73 Å². The van der Waals surface area contributed by atoms with E-state index in [1.807, 2.05) is 12.1 Å². The van der Waals surface area contributed by atoms with Crippen LogP contribution in [0.25, 0.3) is 0 Å². The summed E-state index contributed by atoms with van der Waals surface area (Å²) in [6.07, 6.45) is 9.08. The molecule has 0 amide bonds. The van der Waals surface area contributed by atoms with Crippen molar-refractivity contribution in [1.29, 1.82) is 0 Å². The van der Waals surface area contributed by atoms with Gasteiger partial charge in [0.1, 0.15) is 5.82 Å². The van der Waals surface area contributed by atoms with Gasteiger partial charge in [-0.2, -0.15) is 0 Å². The second-order valence-corrected chi connectivity index (χ2v) is 5.18. The molecule has 1 aromatic carbocycles. The minimum Gasteiger partial charge on any atom is -0.324 e. The van der Waals surface area contributed by atoms with E-state index in [1.54, 1.807) is 0 Å². The van der Waals surface area contributed by atoms with Crippen LogP contribution in [0.4, 0.5) is 4.39 Å². The molecule has 0 heterocycles. The molecule has 0 radical (unpaired) electrons. The van der Waals surface area contributed by atoms with E-state index < -0.39 is 0 Å². The van der Waals surface area contributed by atoms with Crippen molar-refractivity contribution in [2.45, 2.75) is 51.0 Å². The smallest absolute Gasteiger partial charge is 0.123 e. The van der Waals surface area contributed by atoms with Gasteiger partial charge in [0.15, 0.2) is 0 Å². The third-order valence-corrected chi connectivity index (χ3v) is 3.91. The summed E-state index contributed by atoms with van der Waals surface area (Å²) in [4.78, 5) is 0. The molecule has 2 N–H and O–H groups in total. The quantitative estimate of drug-likeness (QED) is 0.817. The first-order valence-corrected chi connectivity index (χ1v) is 6.78. The molecule has 1 unspecified atom stereocenters. The highest BCUT2D eigenvalue weighted by Crippen LogP contribution is 2.31. The van der Waals surface area contributed by atoms with E-state index in [4.69, 9.17) is 5.73 Å².